The van der Waals surface area contributed by atoms with Crippen LogP contribution in [0, 0.1) is 0 Å². The molecule has 1 fully saturated rings. The predicted octanol–water partition coefficient (Wildman–Crippen LogP) is 2.35. The highest BCUT2D eigenvalue weighted by atomic mass is 32.2. The highest BCUT2D eigenvalue weighted by molar-refractivity contribution is 8.13. The zero-order valence-corrected chi connectivity index (χ0v) is 14.9. The summed E-state index contributed by atoms with van der Waals surface area (Å²) < 4.78 is 12.1. The zero-order chi connectivity index (χ0) is 17.3. The molecule has 0 radical (unpaired) electrons. The third kappa shape index (κ3) is 4.34. The molecule has 0 atom stereocenters. The van der Waals surface area contributed by atoms with Gasteiger partial charge in [0.1, 0.15) is 0 Å². The molecule has 6 nitrogen and oxygen atoms in total. The number of aromatic nitrogens is 2. The van der Waals surface area contributed by atoms with E-state index in [2.05, 4.69) is 9.97 Å². The van der Waals surface area contributed by atoms with Crippen LogP contribution in [0.15, 0.2) is 17.7 Å². The summed E-state index contributed by atoms with van der Waals surface area (Å²) in [4.78, 5) is 19.4. The Bertz CT molecular complexity index is 618. The maximum absolute atomic E-state index is 11.3. The van der Waals surface area contributed by atoms with Crippen molar-refractivity contribution in [2.75, 3.05) is 11.5 Å². The standard InChI is InChI=1S/C15H22BN3O3S/c1-10(20)23-9-11(8-12-6-7-18-13(17)19-12)16-21-14(2,3)15(4,5)22-16/h6-8H,9H2,1-5H3,(H2,17,18,19). The van der Waals surface area contributed by atoms with E-state index in [1.54, 1.807) is 12.3 Å². The van der Waals surface area contributed by atoms with E-state index in [-0.39, 0.29) is 11.1 Å². The van der Waals surface area contributed by atoms with Gasteiger partial charge in [0.25, 0.3) is 0 Å². The minimum atomic E-state index is -0.525. The number of anilines is 1. The van der Waals surface area contributed by atoms with E-state index in [1.807, 2.05) is 33.8 Å². The number of nitrogen functional groups attached to an aromatic ring is 1. The zero-order valence-electron chi connectivity index (χ0n) is 14.1. The SMILES string of the molecule is CC(=O)SCC(=Cc1ccnc(N)n1)B1OC(C)(C)C(C)(C)O1. The number of carbonyl (C=O) groups excluding carboxylic acids is 1. The molecule has 1 aromatic rings. The van der Waals surface area contributed by atoms with Crippen LogP contribution in [0.25, 0.3) is 6.08 Å². The maximum atomic E-state index is 11.3. The summed E-state index contributed by atoms with van der Waals surface area (Å²) in [7, 11) is -0.525. The third-order valence-corrected chi connectivity index (χ3v) is 4.91. The fraction of sp³-hybridized carbons (Fsp3) is 0.533. The second-order valence-electron chi connectivity index (χ2n) is 6.43. The van der Waals surface area contributed by atoms with E-state index in [0.29, 0.717) is 11.4 Å². The van der Waals surface area contributed by atoms with Crippen LogP contribution in [0.4, 0.5) is 5.95 Å². The van der Waals surface area contributed by atoms with E-state index >= 15 is 0 Å². The maximum Gasteiger partial charge on any atom is 0.491 e. The molecule has 1 aliphatic rings. The summed E-state index contributed by atoms with van der Waals surface area (Å²) in [5, 5.41) is 0.0367. The monoisotopic (exact) mass is 335 g/mol. The first kappa shape index (κ1) is 18.0. The van der Waals surface area contributed by atoms with Gasteiger partial charge in [-0.3, -0.25) is 4.79 Å². The van der Waals surface area contributed by atoms with Gasteiger partial charge < -0.3 is 15.0 Å². The van der Waals surface area contributed by atoms with Crippen LogP contribution in [-0.4, -0.2) is 39.2 Å². The molecule has 124 valence electrons. The Morgan fingerprint density at radius 3 is 2.48 bits per heavy atom. The largest absolute Gasteiger partial charge is 0.491 e. The van der Waals surface area contributed by atoms with Gasteiger partial charge in [-0.05, 0) is 45.3 Å². The van der Waals surface area contributed by atoms with Crippen molar-refractivity contribution in [3.05, 3.63) is 23.4 Å². The topological polar surface area (TPSA) is 87.3 Å². The van der Waals surface area contributed by atoms with Gasteiger partial charge in [0.15, 0.2) is 5.12 Å². The van der Waals surface area contributed by atoms with Crippen LogP contribution in [-0.2, 0) is 14.1 Å². The second-order valence-corrected chi connectivity index (χ2v) is 7.58. The van der Waals surface area contributed by atoms with E-state index in [9.17, 15) is 4.79 Å². The molecule has 0 bridgehead atoms. The number of nitrogens with zero attached hydrogens (tertiary/aromatic N) is 2. The van der Waals surface area contributed by atoms with E-state index in [0.717, 1.165) is 5.47 Å². The molecule has 0 aromatic carbocycles. The molecule has 2 N–H and O–H groups in total. The lowest BCUT2D eigenvalue weighted by Crippen LogP contribution is -2.41. The summed E-state index contributed by atoms with van der Waals surface area (Å²) in [5.74, 6) is 0.669. The van der Waals surface area contributed by atoms with Crippen molar-refractivity contribution in [1.29, 1.82) is 0 Å². The van der Waals surface area contributed by atoms with Crippen molar-refractivity contribution in [2.24, 2.45) is 0 Å². The van der Waals surface area contributed by atoms with Gasteiger partial charge in [-0.25, -0.2) is 9.97 Å². The fourth-order valence-electron chi connectivity index (χ4n) is 2.02. The molecule has 0 spiro atoms. The van der Waals surface area contributed by atoms with Gasteiger partial charge >= 0.3 is 7.12 Å². The van der Waals surface area contributed by atoms with Crippen molar-refractivity contribution in [3.8, 4) is 0 Å². The molecule has 8 heteroatoms. The molecule has 1 saturated heterocycles. The molecule has 0 saturated carbocycles. The normalized spacial score (nSPS) is 19.9. The number of nitrogens with two attached hydrogens (primary N) is 1. The van der Waals surface area contributed by atoms with Gasteiger partial charge in [0.05, 0.1) is 16.9 Å². The van der Waals surface area contributed by atoms with Gasteiger partial charge in [-0.1, -0.05) is 11.8 Å². The number of thioether (sulfide) groups is 1. The lowest BCUT2D eigenvalue weighted by molar-refractivity contribution is -0.109. The van der Waals surface area contributed by atoms with Crippen molar-refractivity contribution in [1.82, 2.24) is 9.97 Å². The number of hydrogen-bond acceptors (Lipinski definition) is 7. The molecule has 1 aliphatic heterocycles. The highest BCUT2D eigenvalue weighted by Gasteiger charge is 2.52. The van der Waals surface area contributed by atoms with Gasteiger partial charge in [-0.15, -0.1) is 0 Å². The second kappa shape index (κ2) is 6.63. The third-order valence-electron chi connectivity index (χ3n) is 4.03. The molecule has 1 aromatic heterocycles. The molecular weight excluding hydrogens is 313 g/mol. The Labute approximate surface area is 141 Å². The van der Waals surface area contributed by atoms with E-state index in [4.69, 9.17) is 15.0 Å². The minimum absolute atomic E-state index is 0.0367. The fourth-order valence-corrected chi connectivity index (χ4v) is 2.61. The first-order valence-electron chi connectivity index (χ1n) is 7.39. The molecule has 2 rings (SSSR count). The summed E-state index contributed by atoms with van der Waals surface area (Å²) in [6, 6.07) is 1.75. The Morgan fingerprint density at radius 1 is 1.35 bits per heavy atom. The van der Waals surface area contributed by atoms with Gasteiger partial charge in [0.2, 0.25) is 5.95 Å². The number of rotatable bonds is 4. The van der Waals surface area contributed by atoms with Crippen LogP contribution >= 0.6 is 11.8 Å². The van der Waals surface area contributed by atoms with Crippen molar-refractivity contribution in [2.45, 2.75) is 45.8 Å². The van der Waals surface area contributed by atoms with Crippen molar-refractivity contribution >= 4 is 36.0 Å². The van der Waals surface area contributed by atoms with Gasteiger partial charge in [-0.2, -0.15) is 0 Å². The van der Waals surface area contributed by atoms with Crippen LogP contribution in [0.3, 0.4) is 0 Å². The van der Waals surface area contributed by atoms with E-state index in [1.165, 1.54) is 18.7 Å². The van der Waals surface area contributed by atoms with Crippen molar-refractivity contribution < 1.29 is 14.1 Å². The van der Waals surface area contributed by atoms with Crippen LogP contribution < -0.4 is 5.73 Å². The van der Waals surface area contributed by atoms with E-state index < -0.39 is 18.3 Å². The quantitative estimate of drug-likeness (QED) is 0.845. The summed E-state index contributed by atoms with van der Waals surface area (Å²) in [6.07, 6.45) is 3.43. The highest BCUT2D eigenvalue weighted by Crippen LogP contribution is 2.39. The molecule has 2 heterocycles. The Hall–Kier alpha value is -1.38. The number of carbonyl (C=O) groups is 1. The van der Waals surface area contributed by atoms with Crippen LogP contribution in [0.5, 0.6) is 0 Å². The van der Waals surface area contributed by atoms with Gasteiger partial charge in [0, 0.05) is 18.9 Å². The average Bonchev–Trinajstić information content (AvgIpc) is 2.63. The summed E-state index contributed by atoms with van der Waals surface area (Å²) in [6.45, 7) is 9.50. The average molecular weight is 335 g/mol. The summed E-state index contributed by atoms with van der Waals surface area (Å²) in [5.41, 5.74) is 6.23. The van der Waals surface area contributed by atoms with Crippen LogP contribution in [0.1, 0.15) is 40.3 Å². The Morgan fingerprint density at radius 2 is 1.96 bits per heavy atom. The van der Waals surface area contributed by atoms with Crippen molar-refractivity contribution in [3.63, 3.8) is 0 Å². The Kier molecular flexibility index (Phi) is 5.18. The lowest BCUT2D eigenvalue weighted by Gasteiger charge is -2.32. The first-order valence-corrected chi connectivity index (χ1v) is 8.37. The number of hydrogen-bond donors (Lipinski definition) is 1. The molecule has 0 amide bonds. The molecule has 0 aliphatic carbocycles. The molecule has 23 heavy (non-hydrogen) atoms. The predicted molar refractivity (Wildman–Crippen MR) is 93.6 cm³/mol. The van der Waals surface area contributed by atoms with Crippen LogP contribution in [0.2, 0.25) is 0 Å². The Balaban J connectivity index is 2.30. The first-order chi connectivity index (χ1) is 10.6. The summed E-state index contributed by atoms with van der Waals surface area (Å²) >= 11 is 1.21. The molecule has 0 unspecified atom stereocenters. The lowest BCUT2D eigenvalue weighted by atomic mass is 9.78. The molecular formula is C15H22BN3O3S. The smallest absolute Gasteiger partial charge is 0.400 e. The minimum Gasteiger partial charge on any atom is -0.400 e.